The summed E-state index contributed by atoms with van der Waals surface area (Å²) in [5, 5.41) is 18.6. The van der Waals surface area contributed by atoms with Crippen molar-refractivity contribution in [3.05, 3.63) is 51.3 Å². The lowest BCUT2D eigenvalue weighted by Gasteiger charge is -2.15. The number of hydrogen-bond acceptors (Lipinski definition) is 5. The molecule has 1 aromatic carbocycles. The highest BCUT2D eigenvalue weighted by molar-refractivity contribution is 5.95. The zero-order valence-electron chi connectivity index (χ0n) is 13.0. The van der Waals surface area contributed by atoms with Crippen LogP contribution in [0.4, 0.5) is 11.4 Å². The summed E-state index contributed by atoms with van der Waals surface area (Å²) in [6, 6.07) is 4.31. The average molecular weight is 302 g/mol. The summed E-state index contributed by atoms with van der Waals surface area (Å²) in [4.78, 5) is 22.1. The molecular formula is C15H18N4O3. The van der Waals surface area contributed by atoms with Gasteiger partial charge in [0.05, 0.1) is 16.7 Å². The zero-order chi connectivity index (χ0) is 16.4. The van der Waals surface area contributed by atoms with Gasteiger partial charge in [-0.25, -0.2) is 0 Å². The number of nitro benzene ring substituents is 1. The summed E-state index contributed by atoms with van der Waals surface area (Å²) >= 11 is 0. The van der Waals surface area contributed by atoms with E-state index in [1.165, 1.54) is 13.0 Å². The number of nitrogens with one attached hydrogen (secondary N) is 1. The molecule has 0 radical (unpaired) electrons. The number of carbonyl (C=O) groups excluding carboxylic acids is 1. The molecule has 0 saturated heterocycles. The number of carbonyl (C=O) groups is 1. The lowest BCUT2D eigenvalue weighted by atomic mass is 10.1. The van der Waals surface area contributed by atoms with Crippen LogP contribution in [0, 0.1) is 17.0 Å². The molecule has 1 atom stereocenters. The fourth-order valence-corrected chi connectivity index (χ4v) is 2.38. The van der Waals surface area contributed by atoms with Gasteiger partial charge in [0.1, 0.15) is 5.69 Å². The second kappa shape index (κ2) is 5.97. The van der Waals surface area contributed by atoms with Gasteiger partial charge in [0.25, 0.3) is 5.69 Å². The Bertz CT molecular complexity index is 736. The quantitative estimate of drug-likeness (QED) is 0.521. The van der Waals surface area contributed by atoms with Crippen LogP contribution in [0.3, 0.4) is 0 Å². The maximum atomic E-state index is 11.4. The Morgan fingerprint density at radius 2 is 2.14 bits per heavy atom. The van der Waals surface area contributed by atoms with E-state index in [0.29, 0.717) is 11.3 Å². The molecule has 1 heterocycles. The van der Waals surface area contributed by atoms with Crippen molar-refractivity contribution < 1.29 is 9.72 Å². The lowest BCUT2D eigenvalue weighted by molar-refractivity contribution is -0.384. The zero-order valence-corrected chi connectivity index (χ0v) is 13.0. The third-order valence-corrected chi connectivity index (χ3v) is 3.49. The fraction of sp³-hybridized carbons (Fsp3) is 0.333. The highest BCUT2D eigenvalue weighted by Crippen LogP contribution is 2.30. The van der Waals surface area contributed by atoms with E-state index in [2.05, 4.69) is 10.4 Å². The molecule has 0 spiro atoms. The van der Waals surface area contributed by atoms with Crippen LogP contribution in [-0.4, -0.2) is 20.5 Å². The first-order chi connectivity index (χ1) is 10.3. The number of anilines is 1. The maximum absolute atomic E-state index is 11.4. The number of rotatable bonds is 5. The Balaban J connectivity index is 2.34. The van der Waals surface area contributed by atoms with Gasteiger partial charge in [-0.3, -0.25) is 19.6 Å². The smallest absolute Gasteiger partial charge is 0.293 e. The summed E-state index contributed by atoms with van der Waals surface area (Å²) in [6.07, 6.45) is 1.88. The van der Waals surface area contributed by atoms with Crippen molar-refractivity contribution in [3.63, 3.8) is 0 Å². The highest BCUT2D eigenvalue weighted by Gasteiger charge is 2.19. The molecule has 0 aliphatic heterocycles. The molecule has 0 unspecified atom stereocenters. The van der Waals surface area contributed by atoms with Gasteiger partial charge in [-0.2, -0.15) is 5.10 Å². The Kier molecular flexibility index (Phi) is 4.25. The minimum absolute atomic E-state index is 0.110. The van der Waals surface area contributed by atoms with Crippen LogP contribution >= 0.6 is 0 Å². The molecular weight excluding hydrogens is 284 g/mol. The number of ketones is 1. The first-order valence-corrected chi connectivity index (χ1v) is 6.85. The summed E-state index contributed by atoms with van der Waals surface area (Å²) in [6.45, 7) is 5.18. The SMILES string of the molecule is CC(=O)c1ccc(N[C@@H](C)c2cn(C)nc2C)c([N+](=O)[O-])c1. The van der Waals surface area contributed by atoms with Crippen molar-refractivity contribution in [1.29, 1.82) is 0 Å². The van der Waals surface area contributed by atoms with E-state index in [-0.39, 0.29) is 17.5 Å². The molecule has 0 saturated carbocycles. The van der Waals surface area contributed by atoms with E-state index >= 15 is 0 Å². The monoisotopic (exact) mass is 302 g/mol. The molecule has 7 heteroatoms. The van der Waals surface area contributed by atoms with Crippen LogP contribution in [0.2, 0.25) is 0 Å². The van der Waals surface area contributed by atoms with E-state index in [1.807, 2.05) is 27.1 Å². The second-order valence-corrected chi connectivity index (χ2v) is 5.25. The minimum Gasteiger partial charge on any atom is -0.373 e. The Labute approximate surface area is 128 Å². The Morgan fingerprint density at radius 1 is 1.45 bits per heavy atom. The van der Waals surface area contributed by atoms with Crippen LogP contribution in [0.1, 0.15) is 41.5 Å². The van der Waals surface area contributed by atoms with E-state index in [0.717, 1.165) is 11.3 Å². The summed E-state index contributed by atoms with van der Waals surface area (Å²) in [5.41, 5.74) is 2.42. The maximum Gasteiger partial charge on any atom is 0.293 e. The van der Waals surface area contributed by atoms with E-state index < -0.39 is 4.92 Å². The van der Waals surface area contributed by atoms with Crippen LogP contribution in [0.5, 0.6) is 0 Å². The summed E-state index contributed by atoms with van der Waals surface area (Å²) in [7, 11) is 1.83. The standard InChI is InChI=1S/C15H18N4O3/c1-9(13-8-18(4)17-10(13)2)16-14-6-5-12(11(3)20)7-15(14)19(21)22/h5-9,16H,1-4H3/t9-/m0/s1. The van der Waals surface area contributed by atoms with Crippen molar-refractivity contribution in [2.24, 2.45) is 7.05 Å². The summed E-state index contributed by atoms with van der Waals surface area (Å²) < 4.78 is 1.70. The molecule has 22 heavy (non-hydrogen) atoms. The van der Waals surface area contributed by atoms with Crippen molar-refractivity contribution in [1.82, 2.24) is 9.78 Å². The molecule has 1 aromatic heterocycles. The van der Waals surface area contributed by atoms with Crippen molar-refractivity contribution in [2.75, 3.05) is 5.32 Å². The third kappa shape index (κ3) is 3.13. The number of hydrogen-bond donors (Lipinski definition) is 1. The third-order valence-electron chi connectivity index (χ3n) is 3.49. The number of Topliss-reactive ketones (excluding diaryl/α,β-unsaturated/α-hetero) is 1. The molecule has 2 rings (SSSR count). The number of nitrogens with zero attached hydrogens (tertiary/aromatic N) is 3. The molecule has 1 N–H and O–H groups in total. The molecule has 2 aromatic rings. The van der Waals surface area contributed by atoms with E-state index in [9.17, 15) is 14.9 Å². The Morgan fingerprint density at radius 3 is 2.64 bits per heavy atom. The first-order valence-electron chi connectivity index (χ1n) is 6.85. The molecule has 0 bridgehead atoms. The molecule has 0 aliphatic carbocycles. The number of aryl methyl sites for hydroxylation is 2. The summed E-state index contributed by atoms with van der Waals surface area (Å²) in [5.74, 6) is -0.203. The topological polar surface area (TPSA) is 90.1 Å². The van der Waals surface area contributed by atoms with Gasteiger partial charge >= 0.3 is 0 Å². The predicted molar refractivity (Wildman–Crippen MR) is 83.1 cm³/mol. The van der Waals surface area contributed by atoms with E-state index in [1.54, 1.807) is 16.8 Å². The van der Waals surface area contributed by atoms with Gasteiger partial charge in [-0.15, -0.1) is 0 Å². The Hall–Kier alpha value is -2.70. The van der Waals surface area contributed by atoms with Crippen molar-refractivity contribution >= 4 is 17.2 Å². The van der Waals surface area contributed by atoms with Gasteiger partial charge in [-0.1, -0.05) is 0 Å². The number of benzene rings is 1. The molecule has 0 fully saturated rings. The van der Waals surface area contributed by atoms with Gasteiger partial charge in [-0.05, 0) is 32.9 Å². The normalized spacial score (nSPS) is 12.0. The average Bonchev–Trinajstić information content (AvgIpc) is 2.77. The molecule has 0 aliphatic rings. The number of aromatic nitrogens is 2. The fourth-order valence-electron chi connectivity index (χ4n) is 2.38. The van der Waals surface area contributed by atoms with Gasteiger partial charge in [0.2, 0.25) is 0 Å². The van der Waals surface area contributed by atoms with Gasteiger partial charge in [0.15, 0.2) is 5.78 Å². The first kappa shape index (κ1) is 15.7. The van der Waals surface area contributed by atoms with Crippen LogP contribution in [-0.2, 0) is 7.05 Å². The van der Waals surface area contributed by atoms with Gasteiger partial charge in [0, 0.05) is 30.4 Å². The predicted octanol–water partition coefficient (Wildman–Crippen LogP) is 3.01. The number of nitro groups is 1. The van der Waals surface area contributed by atoms with Crippen molar-refractivity contribution in [2.45, 2.75) is 26.8 Å². The second-order valence-electron chi connectivity index (χ2n) is 5.25. The lowest BCUT2D eigenvalue weighted by Crippen LogP contribution is -2.09. The van der Waals surface area contributed by atoms with Crippen LogP contribution < -0.4 is 5.32 Å². The van der Waals surface area contributed by atoms with Crippen LogP contribution in [0.15, 0.2) is 24.4 Å². The van der Waals surface area contributed by atoms with Crippen molar-refractivity contribution in [3.8, 4) is 0 Å². The van der Waals surface area contributed by atoms with E-state index in [4.69, 9.17) is 0 Å². The highest BCUT2D eigenvalue weighted by atomic mass is 16.6. The van der Waals surface area contributed by atoms with Gasteiger partial charge < -0.3 is 5.32 Å². The minimum atomic E-state index is -0.488. The molecule has 7 nitrogen and oxygen atoms in total. The largest absolute Gasteiger partial charge is 0.373 e. The van der Waals surface area contributed by atoms with Crippen LogP contribution in [0.25, 0.3) is 0 Å². The molecule has 0 amide bonds. The molecule has 116 valence electrons.